The molecule has 2 N–H and O–H groups in total. The van der Waals surface area contributed by atoms with Gasteiger partial charge in [0.25, 0.3) is 0 Å². The van der Waals surface area contributed by atoms with Crippen LogP contribution in [0.25, 0.3) is 22.4 Å². The average Bonchev–Trinajstić information content (AvgIpc) is 3.15. The number of pyridine rings is 1. The zero-order valence-corrected chi connectivity index (χ0v) is 17.4. The van der Waals surface area contributed by atoms with Crippen molar-refractivity contribution in [2.75, 3.05) is 11.9 Å². The number of benzene rings is 1. The molecule has 0 aliphatic rings. The van der Waals surface area contributed by atoms with Gasteiger partial charge in [-0.25, -0.2) is 14.4 Å². The molecule has 30 heavy (non-hydrogen) atoms. The van der Waals surface area contributed by atoms with Crippen molar-refractivity contribution < 1.29 is 4.39 Å². The van der Waals surface area contributed by atoms with Gasteiger partial charge in [0.2, 0.25) is 0 Å². The van der Waals surface area contributed by atoms with E-state index in [1.54, 1.807) is 23.1 Å². The zero-order chi connectivity index (χ0) is 21.1. The Morgan fingerprint density at radius 2 is 2.03 bits per heavy atom. The summed E-state index contributed by atoms with van der Waals surface area (Å²) in [6.45, 7) is 5.03. The van der Waals surface area contributed by atoms with Crippen LogP contribution < -0.4 is 10.6 Å². The number of nitrogens with zero attached hydrogens (tertiary/aromatic N) is 5. The number of anilines is 1. The van der Waals surface area contributed by atoms with Gasteiger partial charge >= 0.3 is 0 Å². The van der Waals surface area contributed by atoms with E-state index in [1.807, 2.05) is 32.2 Å². The Morgan fingerprint density at radius 3 is 2.83 bits per heavy atom. The van der Waals surface area contributed by atoms with E-state index >= 15 is 0 Å². The largest absolute Gasteiger partial charge is 0.363 e. The molecule has 0 aliphatic heterocycles. The number of aryl methyl sites for hydroxylation is 1. The molecule has 0 aliphatic carbocycles. The Labute approximate surface area is 178 Å². The molecule has 0 bridgehead atoms. The Morgan fingerprint density at radius 1 is 1.17 bits per heavy atom. The van der Waals surface area contributed by atoms with Gasteiger partial charge in [-0.15, -0.1) is 0 Å². The highest BCUT2D eigenvalue weighted by Gasteiger charge is 2.09. The third-order valence-corrected chi connectivity index (χ3v) is 4.61. The molecule has 1 aromatic carbocycles. The van der Waals surface area contributed by atoms with Crippen LogP contribution in [0.2, 0.25) is 0 Å². The predicted octanol–water partition coefficient (Wildman–Crippen LogP) is 3.69. The monoisotopic (exact) mass is 421 g/mol. The molecule has 152 valence electrons. The van der Waals surface area contributed by atoms with E-state index in [9.17, 15) is 4.39 Å². The lowest BCUT2D eigenvalue weighted by Gasteiger charge is -2.08. The molecule has 0 fully saturated rings. The topological polar surface area (TPSA) is 80.5 Å². The van der Waals surface area contributed by atoms with E-state index in [0.717, 1.165) is 23.2 Å². The molecule has 3 heterocycles. The number of fused-ring (bicyclic) bond motifs is 1. The average molecular weight is 422 g/mol. The number of hydrogen-bond acceptors (Lipinski definition) is 5. The first-order valence-corrected chi connectivity index (χ1v) is 9.88. The highest BCUT2D eigenvalue weighted by atomic mass is 32.1. The normalized spacial score (nSPS) is 10.9. The fraction of sp³-hybridized carbons (Fsp3) is 0.190. The van der Waals surface area contributed by atoms with Crippen LogP contribution in [0.15, 0.2) is 48.9 Å². The smallest absolute Gasteiger partial charge is 0.180 e. The van der Waals surface area contributed by atoms with Crippen molar-refractivity contribution in [1.29, 1.82) is 0 Å². The van der Waals surface area contributed by atoms with Crippen LogP contribution in [0.5, 0.6) is 0 Å². The lowest BCUT2D eigenvalue weighted by molar-refractivity contribution is 0.618. The molecule has 0 radical (unpaired) electrons. The van der Waals surface area contributed by atoms with E-state index in [0.29, 0.717) is 34.3 Å². The number of thiocarbonyl (C=S) groups is 1. The van der Waals surface area contributed by atoms with Crippen LogP contribution >= 0.6 is 12.2 Å². The Balaban J connectivity index is 1.57. The van der Waals surface area contributed by atoms with Gasteiger partial charge in [-0.3, -0.25) is 9.67 Å². The van der Waals surface area contributed by atoms with Crippen molar-refractivity contribution in [3.05, 3.63) is 65.9 Å². The van der Waals surface area contributed by atoms with Gasteiger partial charge < -0.3 is 10.6 Å². The Bertz CT molecular complexity index is 1200. The van der Waals surface area contributed by atoms with Gasteiger partial charge in [0.15, 0.2) is 10.8 Å². The molecule has 4 aromatic rings. The highest BCUT2D eigenvalue weighted by Crippen LogP contribution is 2.20. The summed E-state index contributed by atoms with van der Waals surface area (Å²) >= 11 is 5.20. The van der Waals surface area contributed by atoms with Gasteiger partial charge in [-0.2, -0.15) is 5.10 Å². The van der Waals surface area contributed by atoms with E-state index < -0.39 is 0 Å². The maximum absolute atomic E-state index is 13.6. The minimum atomic E-state index is -0.248. The number of hydrogen-bond donors (Lipinski definition) is 2. The third-order valence-electron chi connectivity index (χ3n) is 4.36. The molecule has 0 saturated carbocycles. The SMILES string of the molecule is CCNC(=S)Nc1ccc2ncc(-c3cnn(Cc4cc(C)cc(F)c4)c3)nc2n1. The maximum Gasteiger partial charge on any atom is 0.180 e. The standard InChI is InChI=1S/C21H20FN7S/c1-3-23-21(30)28-19-5-4-17-20(27-19)26-18(10-24-17)15-9-25-29(12-15)11-14-6-13(2)7-16(22)8-14/h4-10,12H,3,11H2,1-2H3,(H2,23,26,27,28,30). The predicted molar refractivity (Wildman–Crippen MR) is 119 cm³/mol. The second-order valence-corrected chi connectivity index (χ2v) is 7.25. The lowest BCUT2D eigenvalue weighted by atomic mass is 10.1. The first kappa shape index (κ1) is 19.8. The summed E-state index contributed by atoms with van der Waals surface area (Å²) < 4.78 is 15.4. The molecule has 7 nitrogen and oxygen atoms in total. The van der Waals surface area contributed by atoms with E-state index in [-0.39, 0.29) is 5.82 Å². The van der Waals surface area contributed by atoms with Crippen molar-refractivity contribution in [3.63, 3.8) is 0 Å². The Kier molecular flexibility index (Phi) is 5.62. The van der Waals surface area contributed by atoms with Gasteiger partial charge in [0.1, 0.15) is 17.2 Å². The van der Waals surface area contributed by atoms with Crippen molar-refractivity contribution in [3.8, 4) is 11.3 Å². The van der Waals surface area contributed by atoms with Crippen molar-refractivity contribution in [2.24, 2.45) is 0 Å². The summed E-state index contributed by atoms with van der Waals surface area (Å²) in [7, 11) is 0. The van der Waals surface area contributed by atoms with E-state index in [1.165, 1.54) is 12.1 Å². The fourth-order valence-corrected chi connectivity index (χ4v) is 3.35. The van der Waals surface area contributed by atoms with E-state index in [4.69, 9.17) is 12.2 Å². The summed E-state index contributed by atoms with van der Waals surface area (Å²) in [5.74, 6) is 0.346. The molecule has 0 unspecified atom stereocenters. The number of rotatable bonds is 5. The van der Waals surface area contributed by atoms with Gasteiger partial charge in [-0.1, -0.05) is 6.07 Å². The summed E-state index contributed by atoms with van der Waals surface area (Å²) in [4.78, 5) is 13.6. The van der Waals surface area contributed by atoms with Crippen molar-refractivity contribution in [1.82, 2.24) is 30.0 Å². The molecule has 3 aromatic heterocycles. The molecule has 4 rings (SSSR count). The summed E-state index contributed by atoms with van der Waals surface area (Å²) in [5, 5.41) is 10.9. The molecule has 9 heteroatoms. The van der Waals surface area contributed by atoms with Crippen LogP contribution in [0.4, 0.5) is 10.2 Å². The Hall–Kier alpha value is -3.46. The molecule has 0 spiro atoms. The molecular formula is C21H20FN7S. The molecule has 0 atom stereocenters. The highest BCUT2D eigenvalue weighted by molar-refractivity contribution is 7.80. The van der Waals surface area contributed by atoms with Crippen LogP contribution in [0.1, 0.15) is 18.1 Å². The second kappa shape index (κ2) is 8.50. The minimum absolute atomic E-state index is 0.248. The first-order chi connectivity index (χ1) is 14.5. The first-order valence-electron chi connectivity index (χ1n) is 9.47. The molecule has 0 saturated heterocycles. The van der Waals surface area contributed by atoms with Crippen molar-refractivity contribution >= 4 is 34.3 Å². The lowest BCUT2D eigenvalue weighted by Crippen LogP contribution is -2.28. The molecule has 0 amide bonds. The second-order valence-electron chi connectivity index (χ2n) is 6.84. The summed E-state index contributed by atoms with van der Waals surface area (Å²) in [6, 6.07) is 8.60. The van der Waals surface area contributed by atoms with Gasteiger partial charge in [0.05, 0.1) is 24.6 Å². The number of aromatic nitrogens is 5. The quantitative estimate of drug-likeness (QED) is 0.476. The zero-order valence-electron chi connectivity index (χ0n) is 16.6. The van der Waals surface area contributed by atoms with Crippen LogP contribution in [0, 0.1) is 12.7 Å². The van der Waals surface area contributed by atoms with Crippen LogP contribution in [-0.2, 0) is 6.54 Å². The van der Waals surface area contributed by atoms with Gasteiger partial charge in [0, 0.05) is 18.3 Å². The summed E-state index contributed by atoms with van der Waals surface area (Å²) in [5.41, 5.74) is 4.37. The minimum Gasteiger partial charge on any atom is -0.363 e. The van der Waals surface area contributed by atoms with Crippen LogP contribution in [-0.4, -0.2) is 36.4 Å². The van der Waals surface area contributed by atoms with Crippen molar-refractivity contribution in [2.45, 2.75) is 20.4 Å². The summed E-state index contributed by atoms with van der Waals surface area (Å²) in [6.07, 6.45) is 5.26. The van der Waals surface area contributed by atoms with E-state index in [2.05, 4.69) is 30.7 Å². The molecular weight excluding hydrogens is 401 g/mol. The maximum atomic E-state index is 13.6. The fourth-order valence-electron chi connectivity index (χ4n) is 3.10. The number of nitrogens with one attached hydrogen (secondary N) is 2. The van der Waals surface area contributed by atoms with Gasteiger partial charge in [-0.05, 0) is 61.5 Å². The van der Waals surface area contributed by atoms with Crippen LogP contribution in [0.3, 0.4) is 0 Å². The third kappa shape index (κ3) is 4.57. The number of halogens is 1.